The molecule has 1 saturated carbocycles. The van der Waals surface area contributed by atoms with Crippen molar-refractivity contribution in [2.45, 2.75) is 25.0 Å². The third-order valence-electron chi connectivity index (χ3n) is 3.75. The molecular formula is C14H14O3. The summed E-state index contributed by atoms with van der Waals surface area (Å²) in [6.07, 6.45) is -0.753. The van der Waals surface area contributed by atoms with Crippen LogP contribution in [0.25, 0.3) is 5.57 Å². The summed E-state index contributed by atoms with van der Waals surface area (Å²) >= 11 is 0. The smallest absolute Gasteiger partial charge is 0.164 e. The van der Waals surface area contributed by atoms with Gasteiger partial charge in [-0.25, -0.2) is 0 Å². The van der Waals surface area contributed by atoms with Crippen LogP contribution in [-0.4, -0.2) is 28.2 Å². The molecule has 0 aromatic heterocycles. The number of hydrogen-bond acceptors (Lipinski definition) is 3. The Balaban J connectivity index is 2.09. The van der Waals surface area contributed by atoms with Crippen molar-refractivity contribution in [3.8, 4) is 0 Å². The van der Waals surface area contributed by atoms with Gasteiger partial charge >= 0.3 is 0 Å². The van der Waals surface area contributed by atoms with Gasteiger partial charge in [-0.15, -0.1) is 0 Å². The molecule has 0 radical (unpaired) electrons. The molecule has 2 aliphatic rings. The van der Waals surface area contributed by atoms with Gasteiger partial charge in [0.1, 0.15) is 0 Å². The first kappa shape index (κ1) is 10.7. The predicted molar refractivity (Wildman–Crippen MR) is 63.1 cm³/mol. The first-order chi connectivity index (χ1) is 8.18. The van der Waals surface area contributed by atoms with Crippen LogP contribution in [0.2, 0.25) is 0 Å². The van der Waals surface area contributed by atoms with E-state index in [0.717, 1.165) is 11.1 Å². The molecule has 3 atom stereocenters. The van der Waals surface area contributed by atoms with Crippen LogP contribution in [-0.2, 0) is 4.79 Å². The average molecular weight is 230 g/mol. The quantitative estimate of drug-likeness (QED) is 0.761. The zero-order chi connectivity index (χ0) is 12.0. The summed E-state index contributed by atoms with van der Waals surface area (Å²) in [5, 5.41) is 19.5. The molecule has 0 spiro atoms. The fourth-order valence-electron chi connectivity index (χ4n) is 2.94. The first-order valence-electron chi connectivity index (χ1n) is 5.86. The number of carbonyl (C=O) groups excluding carboxylic acids is 1. The lowest BCUT2D eigenvalue weighted by Gasteiger charge is -2.11. The maximum Gasteiger partial charge on any atom is 0.164 e. The van der Waals surface area contributed by atoms with Gasteiger partial charge in [0.05, 0.1) is 12.2 Å². The molecule has 0 unspecified atom stereocenters. The molecule has 2 aliphatic carbocycles. The van der Waals surface area contributed by atoms with Gasteiger partial charge in [0, 0.05) is 17.9 Å². The third kappa shape index (κ3) is 1.54. The summed E-state index contributed by atoms with van der Waals surface area (Å²) in [6, 6.07) is 9.50. The van der Waals surface area contributed by atoms with E-state index in [2.05, 4.69) is 0 Å². The third-order valence-corrected chi connectivity index (χ3v) is 3.75. The lowest BCUT2D eigenvalue weighted by atomic mass is 10.00. The van der Waals surface area contributed by atoms with Crippen molar-refractivity contribution in [2.24, 2.45) is 5.92 Å². The number of fused-ring (bicyclic) bond motifs is 1. The topological polar surface area (TPSA) is 57.5 Å². The van der Waals surface area contributed by atoms with Crippen LogP contribution in [0.15, 0.2) is 35.9 Å². The SMILES string of the molecule is O=C1C[C@@H]2C(=C1c1ccccc1)C[C@H](O)[C@H]2O. The van der Waals surface area contributed by atoms with Crippen molar-refractivity contribution < 1.29 is 15.0 Å². The Morgan fingerprint density at radius 2 is 1.76 bits per heavy atom. The number of aliphatic hydroxyl groups is 2. The highest BCUT2D eigenvalue weighted by Crippen LogP contribution is 2.45. The van der Waals surface area contributed by atoms with Crippen molar-refractivity contribution in [3.63, 3.8) is 0 Å². The molecule has 2 N–H and O–H groups in total. The largest absolute Gasteiger partial charge is 0.390 e. The normalized spacial score (nSPS) is 32.1. The van der Waals surface area contributed by atoms with E-state index in [0.29, 0.717) is 18.4 Å². The fraction of sp³-hybridized carbons (Fsp3) is 0.357. The number of carbonyl (C=O) groups is 1. The molecule has 3 rings (SSSR count). The summed E-state index contributed by atoms with van der Waals surface area (Å²) in [7, 11) is 0. The van der Waals surface area contributed by atoms with E-state index in [1.54, 1.807) is 0 Å². The van der Waals surface area contributed by atoms with Gasteiger partial charge in [-0.1, -0.05) is 30.3 Å². The highest BCUT2D eigenvalue weighted by Gasteiger charge is 2.45. The Morgan fingerprint density at radius 3 is 2.47 bits per heavy atom. The van der Waals surface area contributed by atoms with Crippen LogP contribution in [0.3, 0.4) is 0 Å². The van der Waals surface area contributed by atoms with E-state index >= 15 is 0 Å². The van der Waals surface area contributed by atoms with Gasteiger partial charge in [-0.2, -0.15) is 0 Å². The molecule has 0 aliphatic heterocycles. The minimum absolute atomic E-state index is 0.0853. The molecule has 17 heavy (non-hydrogen) atoms. The number of ketones is 1. The van der Waals surface area contributed by atoms with Gasteiger partial charge in [0.15, 0.2) is 5.78 Å². The van der Waals surface area contributed by atoms with Gasteiger partial charge in [0.25, 0.3) is 0 Å². The first-order valence-corrected chi connectivity index (χ1v) is 5.86. The number of benzene rings is 1. The summed E-state index contributed by atoms with van der Waals surface area (Å²) in [5.74, 6) is -0.0881. The Labute approximate surface area is 99.4 Å². The lowest BCUT2D eigenvalue weighted by Crippen LogP contribution is -2.25. The zero-order valence-corrected chi connectivity index (χ0v) is 9.34. The second-order valence-corrected chi connectivity index (χ2v) is 4.76. The molecule has 1 aromatic carbocycles. The Morgan fingerprint density at radius 1 is 1.06 bits per heavy atom. The van der Waals surface area contributed by atoms with Crippen LogP contribution in [0, 0.1) is 5.92 Å². The average Bonchev–Trinajstić information content (AvgIpc) is 2.78. The van der Waals surface area contributed by atoms with Gasteiger partial charge < -0.3 is 10.2 Å². The Hall–Kier alpha value is -1.45. The monoisotopic (exact) mass is 230 g/mol. The lowest BCUT2D eigenvalue weighted by molar-refractivity contribution is -0.114. The van der Waals surface area contributed by atoms with Crippen molar-refractivity contribution in [1.29, 1.82) is 0 Å². The Kier molecular flexibility index (Phi) is 2.38. The molecule has 3 heteroatoms. The predicted octanol–water partition coefficient (Wildman–Crippen LogP) is 1.15. The highest BCUT2D eigenvalue weighted by molar-refractivity contribution is 6.24. The number of hydrogen-bond donors (Lipinski definition) is 2. The van der Waals surface area contributed by atoms with Gasteiger partial charge in [-0.05, 0) is 17.6 Å². The van der Waals surface area contributed by atoms with Crippen molar-refractivity contribution in [3.05, 3.63) is 41.5 Å². The number of allylic oxidation sites excluding steroid dienone is 1. The van der Waals surface area contributed by atoms with Crippen molar-refractivity contribution >= 4 is 11.4 Å². The van der Waals surface area contributed by atoms with E-state index in [9.17, 15) is 15.0 Å². The maximum atomic E-state index is 12.0. The molecule has 1 fully saturated rings. The molecule has 0 saturated heterocycles. The van der Waals surface area contributed by atoms with Crippen molar-refractivity contribution in [1.82, 2.24) is 0 Å². The summed E-state index contributed by atoms with van der Waals surface area (Å²) in [5.41, 5.74) is 2.55. The molecule has 1 aromatic rings. The number of Topliss-reactive ketones (excluding diaryl/α,β-unsaturated/α-hetero) is 1. The minimum Gasteiger partial charge on any atom is -0.390 e. The zero-order valence-electron chi connectivity index (χ0n) is 9.34. The maximum absolute atomic E-state index is 12.0. The van der Waals surface area contributed by atoms with E-state index in [-0.39, 0.29) is 11.7 Å². The fourth-order valence-corrected chi connectivity index (χ4v) is 2.94. The van der Waals surface area contributed by atoms with E-state index < -0.39 is 12.2 Å². The summed E-state index contributed by atoms with van der Waals surface area (Å²) in [6.45, 7) is 0. The Bertz CT molecular complexity index is 489. The van der Waals surface area contributed by atoms with E-state index in [4.69, 9.17) is 0 Å². The van der Waals surface area contributed by atoms with Crippen LogP contribution < -0.4 is 0 Å². The molecular weight excluding hydrogens is 216 g/mol. The molecule has 0 heterocycles. The van der Waals surface area contributed by atoms with Crippen LogP contribution in [0.4, 0.5) is 0 Å². The van der Waals surface area contributed by atoms with Crippen LogP contribution in [0.5, 0.6) is 0 Å². The second kappa shape index (κ2) is 3.79. The number of rotatable bonds is 1. The van der Waals surface area contributed by atoms with E-state index in [1.165, 1.54) is 0 Å². The molecule has 88 valence electrons. The molecule has 0 bridgehead atoms. The van der Waals surface area contributed by atoms with Crippen molar-refractivity contribution in [2.75, 3.05) is 0 Å². The standard InChI is InChI=1S/C14H14O3/c15-11-7-10-9(6-12(16)14(10)17)13(11)8-4-2-1-3-5-8/h1-5,10,12,14,16-17H,6-7H2/t10-,12+,14+/m1/s1. The number of aliphatic hydroxyl groups excluding tert-OH is 2. The second-order valence-electron chi connectivity index (χ2n) is 4.76. The van der Waals surface area contributed by atoms with Gasteiger partial charge in [-0.3, -0.25) is 4.79 Å². The van der Waals surface area contributed by atoms with Crippen LogP contribution in [0.1, 0.15) is 18.4 Å². The van der Waals surface area contributed by atoms with Gasteiger partial charge in [0.2, 0.25) is 0 Å². The molecule has 3 nitrogen and oxygen atoms in total. The molecule has 0 amide bonds. The summed E-state index contributed by atoms with van der Waals surface area (Å²) in [4.78, 5) is 12.0. The minimum atomic E-state index is -0.782. The summed E-state index contributed by atoms with van der Waals surface area (Å²) < 4.78 is 0. The van der Waals surface area contributed by atoms with E-state index in [1.807, 2.05) is 30.3 Å². The highest BCUT2D eigenvalue weighted by atomic mass is 16.3. The van der Waals surface area contributed by atoms with Crippen LogP contribution >= 0.6 is 0 Å².